The molecular formula is C15H19NO3. The van der Waals surface area contributed by atoms with Crippen molar-refractivity contribution in [3.05, 3.63) is 29.8 Å². The van der Waals surface area contributed by atoms with Gasteiger partial charge in [0.2, 0.25) is 5.91 Å². The summed E-state index contributed by atoms with van der Waals surface area (Å²) in [6.45, 7) is 3.85. The summed E-state index contributed by atoms with van der Waals surface area (Å²) < 4.78 is 0. The number of aliphatic carboxylic acids is 1. The molecule has 0 spiro atoms. The third kappa shape index (κ3) is 2.62. The van der Waals surface area contributed by atoms with Crippen molar-refractivity contribution in [3.8, 4) is 0 Å². The third-order valence-corrected chi connectivity index (χ3v) is 3.92. The van der Waals surface area contributed by atoms with Gasteiger partial charge in [-0.2, -0.15) is 0 Å². The zero-order valence-electron chi connectivity index (χ0n) is 11.3. The van der Waals surface area contributed by atoms with Crippen LogP contribution in [0.2, 0.25) is 0 Å². The second-order valence-corrected chi connectivity index (χ2v) is 5.26. The highest BCUT2D eigenvalue weighted by Crippen LogP contribution is 2.48. The van der Waals surface area contributed by atoms with Gasteiger partial charge in [-0.25, -0.2) is 0 Å². The summed E-state index contributed by atoms with van der Waals surface area (Å²) in [5, 5.41) is 12.0. The summed E-state index contributed by atoms with van der Waals surface area (Å²) in [5.74, 6) is -0.785. The lowest BCUT2D eigenvalue weighted by molar-refractivity contribution is -0.140. The fourth-order valence-electron chi connectivity index (χ4n) is 2.07. The second-order valence-electron chi connectivity index (χ2n) is 5.26. The molecule has 0 saturated heterocycles. The van der Waals surface area contributed by atoms with Crippen LogP contribution in [0.15, 0.2) is 24.3 Å². The Hall–Kier alpha value is -1.84. The molecule has 0 heterocycles. The number of hydrogen-bond acceptors (Lipinski definition) is 2. The SMILES string of the molecule is CCC(C)C(=O)Nc1ccc(C2(C(=O)O)CC2)cc1. The molecule has 0 aromatic heterocycles. The largest absolute Gasteiger partial charge is 0.481 e. The minimum atomic E-state index is -0.760. The van der Waals surface area contributed by atoms with Crippen LogP contribution in [0.3, 0.4) is 0 Å². The predicted molar refractivity (Wildman–Crippen MR) is 73.1 cm³/mol. The Labute approximate surface area is 112 Å². The van der Waals surface area contributed by atoms with E-state index in [2.05, 4.69) is 5.32 Å². The number of anilines is 1. The third-order valence-electron chi connectivity index (χ3n) is 3.92. The summed E-state index contributed by atoms with van der Waals surface area (Å²) in [6.07, 6.45) is 2.19. The van der Waals surface area contributed by atoms with E-state index in [1.54, 1.807) is 24.3 Å². The molecule has 1 saturated carbocycles. The smallest absolute Gasteiger partial charge is 0.314 e. The molecule has 1 unspecified atom stereocenters. The maximum absolute atomic E-state index is 11.7. The van der Waals surface area contributed by atoms with Crippen LogP contribution in [0.25, 0.3) is 0 Å². The lowest BCUT2D eigenvalue weighted by Gasteiger charge is -2.13. The number of nitrogens with one attached hydrogen (secondary N) is 1. The highest BCUT2D eigenvalue weighted by molar-refractivity contribution is 5.92. The quantitative estimate of drug-likeness (QED) is 0.856. The molecule has 1 fully saturated rings. The van der Waals surface area contributed by atoms with Crippen LogP contribution >= 0.6 is 0 Å². The Kier molecular flexibility index (Phi) is 3.60. The Balaban J connectivity index is 2.07. The molecule has 0 bridgehead atoms. The Morgan fingerprint density at radius 3 is 2.32 bits per heavy atom. The van der Waals surface area contributed by atoms with E-state index in [-0.39, 0.29) is 11.8 Å². The first kappa shape index (κ1) is 13.6. The van der Waals surface area contributed by atoms with Gasteiger partial charge >= 0.3 is 5.97 Å². The molecule has 4 nitrogen and oxygen atoms in total. The molecule has 2 N–H and O–H groups in total. The van der Waals surface area contributed by atoms with Crippen molar-refractivity contribution in [3.63, 3.8) is 0 Å². The predicted octanol–water partition coefficient (Wildman–Crippen LogP) is 2.79. The minimum absolute atomic E-state index is 0.00498. The number of rotatable bonds is 5. The lowest BCUT2D eigenvalue weighted by Crippen LogP contribution is -2.21. The van der Waals surface area contributed by atoms with Gasteiger partial charge in [0, 0.05) is 11.6 Å². The van der Waals surface area contributed by atoms with Crippen LogP contribution in [-0.2, 0) is 15.0 Å². The molecule has 1 aromatic carbocycles. The molecule has 102 valence electrons. The van der Waals surface area contributed by atoms with Crippen LogP contribution in [0.5, 0.6) is 0 Å². The number of carboxylic acids is 1. The molecule has 1 amide bonds. The number of hydrogen-bond donors (Lipinski definition) is 2. The number of carbonyl (C=O) groups excluding carboxylic acids is 1. The van der Waals surface area contributed by atoms with E-state index in [4.69, 9.17) is 0 Å². The van der Waals surface area contributed by atoms with Crippen LogP contribution in [0.1, 0.15) is 38.7 Å². The Morgan fingerprint density at radius 2 is 1.89 bits per heavy atom. The van der Waals surface area contributed by atoms with E-state index < -0.39 is 11.4 Å². The van der Waals surface area contributed by atoms with Gasteiger partial charge in [0.25, 0.3) is 0 Å². The standard InChI is InChI=1S/C15H19NO3/c1-3-10(2)13(17)16-12-6-4-11(5-7-12)15(8-9-15)14(18)19/h4-7,10H,3,8-9H2,1-2H3,(H,16,17)(H,18,19). The van der Waals surface area contributed by atoms with Gasteiger partial charge in [-0.1, -0.05) is 26.0 Å². The minimum Gasteiger partial charge on any atom is -0.481 e. The number of amides is 1. The first-order valence-electron chi connectivity index (χ1n) is 6.64. The fraction of sp³-hybridized carbons (Fsp3) is 0.467. The first-order valence-corrected chi connectivity index (χ1v) is 6.64. The zero-order chi connectivity index (χ0) is 14.0. The van der Waals surface area contributed by atoms with Crippen molar-refractivity contribution in [2.24, 2.45) is 5.92 Å². The molecule has 2 rings (SSSR count). The zero-order valence-corrected chi connectivity index (χ0v) is 11.3. The van der Waals surface area contributed by atoms with Crippen molar-refractivity contribution in [1.29, 1.82) is 0 Å². The van der Waals surface area contributed by atoms with E-state index in [1.165, 1.54) is 0 Å². The molecule has 1 aromatic rings. The number of carboxylic acid groups (broad SMARTS) is 1. The van der Waals surface area contributed by atoms with E-state index in [0.717, 1.165) is 17.7 Å². The first-order chi connectivity index (χ1) is 8.99. The molecule has 4 heteroatoms. The van der Waals surface area contributed by atoms with Crippen LogP contribution in [-0.4, -0.2) is 17.0 Å². The molecule has 19 heavy (non-hydrogen) atoms. The van der Waals surface area contributed by atoms with Crippen LogP contribution < -0.4 is 5.32 Å². The van der Waals surface area contributed by atoms with E-state index >= 15 is 0 Å². The van der Waals surface area contributed by atoms with Gasteiger partial charge in [0.1, 0.15) is 0 Å². The normalized spacial score (nSPS) is 17.6. The molecular weight excluding hydrogens is 242 g/mol. The maximum Gasteiger partial charge on any atom is 0.314 e. The second kappa shape index (κ2) is 5.03. The summed E-state index contributed by atoms with van der Waals surface area (Å²) >= 11 is 0. The molecule has 0 aliphatic heterocycles. The van der Waals surface area contributed by atoms with Crippen LogP contribution in [0.4, 0.5) is 5.69 Å². The summed E-state index contributed by atoms with van der Waals surface area (Å²) in [7, 11) is 0. The van der Waals surface area contributed by atoms with Gasteiger partial charge in [-0.3, -0.25) is 9.59 Å². The van der Waals surface area contributed by atoms with Gasteiger partial charge in [0.05, 0.1) is 5.41 Å². The highest BCUT2D eigenvalue weighted by Gasteiger charge is 2.51. The van der Waals surface area contributed by atoms with Crippen molar-refractivity contribution in [1.82, 2.24) is 0 Å². The number of carbonyl (C=O) groups is 2. The highest BCUT2D eigenvalue weighted by atomic mass is 16.4. The average Bonchev–Trinajstić information content (AvgIpc) is 3.20. The average molecular weight is 261 g/mol. The summed E-state index contributed by atoms with van der Waals surface area (Å²) in [5.41, 5.74) is 0.857. The molecule has 1 aliphatic rings. The Morgan fingerprint density at radius 1 is 1.32 bits per heavy atom. The van der Waals surface area contributed by atoms with Gasteiger partial charge in [0.15, 0.2) is 0 Å². The van der Waals surface area contributed by atoms with Gasteiger partial charge in [-0.05, 0) is 37.0 Å². The van der Waals surface area contributed by atoms with Crippen LogP contribution in [0, 0.1) is 5.92 Å². The van der Waals surface area contributed by atoms with E-state index in [9.17, 15) is 14.7 Å². The monoisotopic (exact) mass is 261 g/mol. The number of benzene rings is 1. The van der Waals surface area contributed by atoms with Crippen molar-refractivity contribution in [2.75, 3.05) is 5.32 Å². The maximum atomic E-state index is 11.7. The van der Waals surface area contributed by atoms with Crippen molar-refractivity contribution in [2.45, 2.75) is 38.5 Å². The Bertz CT molecular complexity index is 489. The summed E-state index contributed by atoms with van der Waals surface area (Å²) in [6, 6.07) is 7.15. The lowest BCUT2D eigenvalue weighted by atomic mass is 9.96. The summed E-state index contributed by atoms with van der Waals surface area (Å²) in [4.78, 5) is 22.9. The molecule has 0 radical (unpaired) electrons. The fourth-order valence-corrected chi connectivity index (χ4v) is 2.07. The molecule has 1 atom stereocenters. The van der Waals surface area contributed by atoms with E-state index in [0.29, 0.717) is 12.8 Å². The van der Waals surface area contributed by atoms with Gasteiger partial charge < -0.3 is 10.4 Å². The van der Waals surface area contributed by atoms with E-state index in [1.807, 2.05) is 13.8 Å². The topological polar surface area (TPSA) is 66.4 Å². The van der Waals surface area contributed by atoms with Crippen molar-refractivity contribution < 1.29 is 14.7 Å². The van der Waals surface area contributed by atoms with Crippen molar-refractivity contribution >= 4 is 17.6 Å². The molecule has 1 aliphatic carbocycles. The van der Waals surface area contributed by atoms with Gasteiger partial charge in [-0.15, -0.1) is 0 Å².